The van der Waals surface area contributed by atoms with Crippen LogP contribution < -0.4 is 0 Å². The van der Waals surface area contributed by atoms with E-state index < -0.39 is 10.1 Å². The van der Waals surface area contributed by atoms with E-state index in [4.69, 9.17) is 4.55 Å². The van der Waals surface area contributed by atoms with Crippen molar-refractivity contribution in [3.8, 4) is 0 Å². The van der Waals surface area contributed by atoms with Gasteiger partial charge in [-0.25, -0.2) is 0 Å². The Morgan fingerprint density at radius 1 is 1.17 bits per heavy atom. The van der Waals surface area contributed by atoms with Crippen molar-refractivity contribution in [1.82, 2.24) is 0 Å². The second kappa shape index (κ2) is 5.41. The smallest absolute Gasteiger partial charge is 0.282 e. The second-order valence-corrected chi connectivity index (χ2v) is 7.47. The Bertz CT molecular complexity index is 481. The average molecular weight is 270 g/mol. The molecule has 0 fully saturated rings. The van der Waals surface area contributed by atoms with Crippen LogP contribution in [0.5, 0.6) is 0 Å². The van der Waals surface area contributed by atoms with Gasteiger partial charge in [-0.2, -0.15) is 8.42 Å². The Labute approximate surface area is 110 Å². The van der Waals surface area contributed by atoms with E-state index in [1.54, 1.807) is 12.1 Å². The fraction of sp³-hybridized carbons (Fsp3) is 0.571. The summed E-state index contributed by atoms with van der Waals surface area (Å²) < 4.78 is 30.8. The van der Waals surface area contributed by atoms with E-state index in [0.29, 0.717) is 11.3 Å². The minimum Gasteiger partial charge on any atom is -0.282 e. The Morgan fingerprint density at radius 2 is 1.67 bits per heavy atom. The number of hydrogen-bond donors (Lipinski definition) is 1. The first-order valence-electron chi connectivity index (χ1n) is 6.17. The third-order valence-corrected chi connectivity index (χ3v) is 3.94. The summed E-state index contributed by atoms with van der Waals surface area (Å²) in [5.74, 6) is 0.389. The standard InChI is InChI=1S/C14H22O3S/c1-11(9-10-14(2,3)4)12-5-7-13(8-6-12)18(15,16)17/h5-8,11H,9-10H2,1-4H3,(H,15,16,17). The Kier molecular flexibility index (Phi) is 4.56. The van der Waals surface area contributed by atoms with Gasteiger partial charge in [-0.3, -0.25) is 4.55 Å². The van der Waals surface area contributed by atoms with E-state index in [2.05, 4.69) is 27.7 Å². The minimum atomic E-state index is -4.08. The molecule has 0 bridgehead atoms. The van der Waals surface area contributed by atoms with Crippen LogP contribution in [-0.4, -0.2) is 13.0 Å². The molecule has 0 spiro atoms. The summed E-state index contributed by atoms with van der Waals surface area (Å²) in [6.45, 7) is 8.76. The van der Waals surface area contributed by atoms with E-state index in [1.165, 1.54) is 12.1 Å². The largest absolute Gasteiger partial charge is 0.294 e. The lowest BCUT2D eigenvalue weighted by atomic mass is 9.85. The number of hydrogen-bond acceptors (Lipinski definition) is 2. The minimum absolute atomic E-state index is 0.0470. The van der Waals surface area contributed by atoms with Crippen LogP contribution in [0.25, 0.3) is 0 Å². The van der Waals surface area contributed by atoms with Crippen molar-refractivity contribution in [2.75, 3.05) is 0 Å². The van der Waals surface area contributed by atoms with E-state index in [9.17, 15) is 8.42 Å². The van der Waals surface area contributed by atoms with Gasteiger partial charge in [0.05, 0.1) is 4.90 Å². The lowest BCUT2D eigenvalue weighted by Crippen LogP contribution is -2.07. The molecule has 1 aromatic rings. The molecule has 3 nitrogen and oxygen atoms in total. The van der Waals surface area contributed by atoms with Gasteiger partial charge in [-0.15, -0.1) is 0 Å². The highest BCUT2D eigenvalue weighted by Gasteiger charge is 2.15. The fourth-order valence-electron chi connectivity index (χ4n) is 1.78. The molecule has 1 aromatic carbocycles. The SMILES string of the molecule is CC(CCC(C)(C)C)c1ccc(S(=O)(=O)O)cc1. The molecule has 4 heteroatoms. The maximum Gasteiger partial charge on any atom is 0.294 e. The van der Waals surface area contributed by atoms with Crippen molar-refractivity contribution in [3.05, 3.63) is 29.8 Å². The van der Waals surface area contributed by atoms with E-state index >= 15 is 0 Å². The summed E-state index contributed by atoms with van der Waals surface area (Å²) in [4.78, 5) is -0.0470. The predicted molar refractivity (Wildman–Crippen MR) is 73.4 cm³/mol. The Morgan fingerprint density at radius 3 is 2.06 bits per heavy atom. The van der Waals surface area contributed by atoms with Crippen molar-refractivity contribution in [2.24, 2.45) is 5.41 Å². The molecule has 0 aliphatic heterocycles. The molecule has 102 valence electrons. The first-order chi connectivity index (χ1) is 8.09. The van der Waals surface area contributed by atoms with Gasteiger partial charge >= 0.3 is 0 Å². The summed E-state index contributed by atoms with van der Waals surface area (Å²) in [5, 5.41) is 0. The summed E-state index contributed by atoms with van der Waals surface area (Å²) in [5.41, 5.74) is 1.41. The average Bonchev–Trinajstić information content (AvgIpc) is 2.24. The quantitative estimate of drug-likeness (QED) is 0.845. The highest BCUT2D eigenvalue weighted by molar-refractivity contribution is 7.85. The maximum absolute atomic E-state index is 10.9. The van der Waals surface area contributed by atoms with Crippen LogP contribution in [0, 0.1) is 5.41 Å². The van der Waals surface area contributed by atoms with Crippen LogP contribution in [0.3, 0.4) is 0 Å². The normalized spacial score (nSPS) is 14.5. The van der Waals surface area contributed by atoms with Gasteiger partial charge < -0.3 is 0 Å². The highest BCUT2D eigenvalue weighted by atomic mass is 32.2. The third kappa shape index (κ3) is 4.78. The summed E-state index contributed by atoms with van der Waals surface area (Å²) in [7, 11) is -4.08. The zero-order valence-electron chi connectivity index (χ0n) is 11.5. The molecule has 0 aliphatic carbocycles. The molecule has 0 saturated heterocycles. The number of benzene rings is 1. The van der Waals surface area contributed by atoms with Crippen LogP contribution >= 0.6 is 0 Å². The first-order valence-corrected chi connectivity index (χ1v) is 7.61. The van der Waals surface area contributed by atoms with E-state index in [0.717, 1.165) is 18.4 Å². The van der Waals surface area contributed by atoms with Crippen LogP contribution in [0.15, 0.2) is 29.2 Å². The van der Waals surface area contributed by atoms with Crippen LogP contribution in [0.4, 0.5) is 0 Å². The van der Waals surface area contributed by atoms with Gasteiger partial charge in [0, 0.05) is 0 Å². The lowest BCUT2D eigenvalue weighted by molar-refractivity contribution is 0.352. The monoisotopic (exact) mass is 270 g/mol. The van der Waals surface area contributed by atoms with Crippen molar-refractivity contribution in [1.29, 1.82) is 0 Å². The van der Waals surface area contributed by atoms with Gasteiger partial charge in [-0.1, -0.05) is 39.8 Å². The van der Waals surface area contributed by atoms with Gasteiger partial charge in [-0.05, 0) is 41.9 Å². The number of rotatable bonds is 4. The molecule has 0 heterocycles. The molecule has 1 unspecified atom stereocenters. The topological polar surface area (TPSA) is 54.4 Å². The van der Waals surface area contributed by atoms with Crippen molar-refractivity contribution in [2.45, 2.75) is 51.3 Å². The molecule has 0 aliphatic rings. The summed E-state index contributed by atoms with van der Waals surface area (Å²) in [6, 6.07) is 6.46. The molecule has 0 radical (unpaired) electrons. The molecule has 0 amide bonds. The van der Waals surface area contributed by atoms with Crippen molar-refractivity contribution < 1.29 is 13.0 Å². The molecule has 0 aromatic heterocycles. The third-order valence-electron chi connectivity index (χ3n) is 3.07. The molecular weight excluding hydrogens is 248 g/mol. The molecule has 1 atom stereocenters. The molecule has 18 heavy (non-hydrogen) atoms. The summed E-state index contributed by atoms with van der Waals surface area (Å²) in [6.07, 6.45) is 2.18. The highest BCUT2D eigenvalue weighted by Crippen LogP contribution is 2.28. The van der Waals surface area contributed by atoms with Gasteiger partial charge in [0.25, 0.3) is 10.1 Å². The van der Waals surface area contributed by atoms with Gasteiger partial charge in [0.2, 0.25) is 0 Å². The van der Waals surface area contributed by atoms with Gasteiger partial charge in [0.15, 0.2) is 0 Å². The van der Waals surface area contributed by atoms with Crippen molar-refractivity contribution in [3.63, 3.8) is 0 Å². The zero-order valence-corrected chi connectivity index (χ0v) is 12.3. The Balaban J connectivity index is 2.74. The van der Waals surface area contributed by atoms with Crippen molar-refractivity contribution >= 4 is 10.1 Å². The molecular formula is C14H22O3S. The maximum atomic E-state index is 10.9. The van der Waals surface area contributed by atoms with E-state index in [1.807, 2.05) is 0 Å². The first kappa shape index (κ1) is 15.2. The molecule has 1 rings (SSSR count). The van der Waals surface area contributed by atoms with Gasteiger partial charge in [0.1, 0.15) is 0 Å². The lowest BCUT2D eigenvalue weighted by Gasteiger charge is -2.21. The Hall–Kier alpha value is -0.870. The summed E-state index contributed by atoms with van der Waals surface area (Å²) >= 11 is 0. The van der Waals surface area contributed by atoms with Crippen LogP contribution in [0.1, 0.15) is 52.0 Å². The van der Waals surface area contributed by atoms with E-state index in [-0.39, 0.29) is 4.90 Å². The fourth-order valence-corrected chi connectivity index (χ4v) is 2.26. The predicted octanol–water partition coefficient (Wildman–Crippen LogP) is 3.86. The molecule has 0 saturated carbocycles. The van der Waals surface area contributed by atoms with Crippen LogP contribution in [-0.2, 0) is 10.1 Å². The van der Waals surface area contributed by atoms with Crippen LogP contribution in [0.2, 0.25) is 0 Å². The zero-order chi connectivity index (χ0) is 14.0. The molecule has 1 N–H and O–H groups in total. The second-order valence-electron chi connectivity index (χ2n) is 6.04.